The molecule has 1 saturated carbocycles. The molecular formula is C6H10S. The third-order valence-electron chi connectivity index (χ3n) is 2.29. The van der Waals surface area contributed by atoms with Gasteiger partial charge in [-0.15, -0.1) is 0 Å². The maximum Gasteiger partial charge on any atom is -0.00103 e. The topological polar surface area (TPSA) is 0 Å². The van der Waals surface area contributed by atoms with Crippen molar-refractivity contribution in [1.82, 2.24) is 0 Å². The molecular weight excluding hydrogens is 104 g/mol. The van der Waals surface area contributed by atoms with Crippen molar-refractivity contribution in [3.8, 4) is 0 Å². The normalized spacial score (nSPS) is 57.0. The maximum atomic E-state index is 2.41. The second-order valence-corrected chi connectivity index (χ2v) is 4.10. The molecule has 0 bridgehead atoms. The summed E-state index contributed by atoms with van der Waals surface area (Å²) in [6, 6.07) is 0. The van der Waals surface area contributed by atoms with Gasteiger partial charge in [0.25, 0.3) is 0 Å². The smallest absolute Gasteiger partial charge is 0.00103 e. The number of hydrogen-bond acceptors (Lipinski definition) is 1. The molecule has 0 aromatic rings. The molecule has 0 amide bonds. The fourth-order valence-electron chi connectivity index (χ4n) is 1.38. The standard InChI is InChI=1S/C6H10S/c1-6-2-5(6)3-7-4-6/h5H,2-4H2,1H3. The number of fused-ring (bicyclic) bond motifs is 1. The van der Waals surface area contributed by atoms with E-state index in [0.29, 0.717) is 0 Å². The molecule has 2 rings (SSSR count). The molecule has 2 aliphatic rings. The predicted molar refractivity (Wildman–Crippen MR) is 33.5 cm³/mol. The number of thioether (sulfide) groups is 1. The van der Waals surface area contributed by atoms with E-state index in [2.05, 4.69) is 18.7 Å². The summed E-state index contributed by atoms with van der Waals surface area (Å²) in [5.74, 6) is 4.02. The van der Waals surface area contributed by atoms with Gasteiger partial charge in [0.2, 0.25) is 0 Å². The Morgan fingerprint density at radius 2 is 2.57 bits per heavy atom. The SMILES string of the molecule is CC12CSCC1C2. The fraction of sp³-hybridized carbons (Fsp3) is 1.00. The van der Waals surface area contributed by atoms with Gasteiger partial charge in [0.1, 0.15) is 0 Å². The van der Waals surface area contributed by atoms with E-state index in [0.717, 1.165) is 11.3 Å². The zero-order chi connectivity index (χ0) is 4.91. The van der Waals surface area contributed by atoms with Crippen LogP contribution in [0, 0.1) is 11.3 Å². The fourth-order valence-corrected chi connectivity index (χ4v) is 3.12. The summed E-state index contributed by atoms with van der Waals surface area (Å²) in [4.78, 5) is 0. The van der Waals surface area contributed by atoms with E-state index in [1.54, 1.807) is 0 Å². The van der Waals surface area contributed by atoms with E-state index in [-0.39, 0.29) is 0 Å². The van der Waals surface area contributed by atoms with Gasteiger partial charge in [-0.25, -0.2) is 0 Å². The van der Waals surface area contributed by atoms with Crippen LogP contribution in [0.2, 0.25) is 0 Å². The molecule has 1 heterocycles. The highest BCUT2D eigenvalue weighted by Gasteiger charge is 2.53. The van der Waals surface area contributed by atoms with Gasteiger partial charge in [0.05, 0.1) is 0 Å². The van der Waals surface area contributed by atoms with Crippen LogP contribution in [0.25, 0.3) is 0 Å². The number of hydrogen-bond donors (Lipinski definition) is 0. The average molecular weight is 114 g/mol. The Morgan fingerprint density at radius 1 is 1.71 bits per heavy atom. The lowest BCUT2D eigenvalue weighted by atomic mass is 10.1. The summed E-state index contributed by atoms with van der Waals surface area (Å²) >= 11 is 2.13. The van der Waals surface area contributed by atoms with Crippen LogP contribution in [0.3, 0.4) is 0 Å². The molecule has 0 aromatic carbocycles. The van der Waals surface area contributed by atoms with Crippen molar-refractivity contribution >= 4 is 11.8 Å². The third kappa shape index (κ3) is 0.449. The first-order valence-electron chi connectivity index (χ1n) is 2.89. The van der Waals surface area contributed by atoms with Crippen LogP contribution in [0.15, 0.2) is 0 Å². The van der Waals surface area contributed by atoms with Gasteiger partial charge < -0.3 is 0 Å². The molecule has 0 radical (unpaired) electrons. The molecule has 2 unspecified atom stereocenters. The molecule has 0 spiro atoms. The lowest BCUT2D eigenvalue weighted by Crippen LogP contribution is -1.92. The van der Waals surface area contributed by atoms with Gasteiger partial charge in [0, 0.05) is 0 Å². The van der Waals surface area contributed by atoms with Crippen LogP contribution in [0.5, 0.6) is 0 Å². The van der Waals surface area contributed by atoms with Crippen molar-refractivity contribution in [2.75, 3.05) is 11.5 Å². The lowest BCUT2D eigenvalue weighted by Gasteiger charge is -1.95. The van der Waals surface area contributed by atoms with Gasteiger partial charge in [-0.2, -0.15) is 11.8 Å². The molecule has 0 N–H and O–H groups in total. The Labute approximate surface area is 48.7 Å². The van der Waals surface area contributed by atoms with Crippen molar-refractivity contribution in [3.05, 3.63) is 0 Å². The van der Waals surface area contributed by atoms with Crippen molar-refractivity contribution in [1.29, 1.82) is 0 Å². The van der Waals surface area contributed by atoms with Crippen LogP contribution in [-0.2, 0) is 0 Å². The minimum absolute atomic E-state index is 0.824. The van der Waals surface area contributed by atoms with Crippen molar-refractivity contribution < 1.29 is 0 Å². The van der Waals surface area contributed by atoms with Crippen molar-refractivity contribution in [2.45, 2.75) is 13.3 Å². The Balaban J connectivity index is 2.17. The Hall–Kier alpha value is 0.350. The predicted octanol–water partition coefficient (Wildman–Crippen LogP) is 1.76. The van der Waals surface area contributed by atoms with Gasteiger partial charge in [-0.1, -0.05) is 6.92 Å². The van der Waals surface area contributed by atoms with E-state index in [9.17, 15) is 0 Å². The van der Waals surface area contributed by atoms with E-state index in [4.69, 9.17) is 0 Å². The molecule has 40 valence electrons. The maximum absolute atomic E-state index is 2.41. The molecule has 2 atom stereocenters. The highest BCUT2D eigenvalue weighted by molar-refractivity contribution is 7.99. The first-order valence-corrected chi connectivity index (χ1v) is 4.04. The minimum Gasteiger partial charge on any atom is -0.161 e. The monoisotopic (exact) mass is 114 g/mol. The van der Waals surface area contributed by atoms with E-state index < -0.39 is 0 Å². The van der Waals surface area contributed by atoms with Crippen LogP contribution < -0.4 is 0 Å². The second-order valence-electron chi connectivity index (χ2n) is 3.07. The summed E-state index contributed by atoms with van der Waals surface area (Å²) in [6.45, 7) is 2.41. The van der Waals surface area contributed by atoms with Crippen molar-refractivity contribution in [2.24, 2.45) is 11.3 Å². The largest absolute Gasteiger partial charge is 0.161 e. The van der Waals surface area contributed by atoms with Crippen LogP contribution in [0.4, 0.5) is 0 Å². The first kappa shape index (κ1) is 4.25. The van der Waals surface area contributed by atoms with Gasteiger partial charge in [-0.3, -0.25) is 0 Å². The first-order chi connectivity index (χ1) is 3.31. The molecule has 1 heteroatoms. The van der Waals surface area contributed by atoms with Crippen LogP contribution in [0.1, 0.15) is 13.3 Å². The summed E-state index contributed by atoms with van der Waals surface area (Å²) in [5, 5.41) is 0. The average Bonchev–Trinajstić information content (AvgIpc) is 2.09. The molecule has 1 aliphatic carbocycles. The van der Waals surface area contributed by atoms with E-state index in [1.807, 2.05) is 0 Å². The molecule has 0 nitrogen and oxygen atoms in total. The molecule has 1 saturated heterocycles. The molecule has 7 heavy (non-hydrogen) atoms. The van der Waals surface area contributed by atoms with Crippen LogP contribution in [-0.4, -0.2) is 11.5 Å². The van der Waals surface area contributed by atoms with E-state index >= 15 is 0 Å². The second kappa shape index (κ2) is 1.02. The summed E-state index contributed by atoms with van der Waals surface area (Å²) in [7, 11) is 0. The molecule has 2 fully saturated rings. The summed E-state index contributed by atoms with van der Waals surface area (Å²) in [6.07, 6.45) is 1.53. The zero-order valence-electron chi connectivity index (χ0n) is 4.61. The highest BCUT2D eigenvalue weighted by Crippen LogP contribution is 2.60. The molecule has 0 aromatic heterocycles. The zero-order valence-corrected chi connectivity index (χ0v) is 5.42. The third-order valence-corrected chi connectivity index (χ3v) is 3.79. The van der Waals surface area contributed by atoms with Gasteiger partial charge in [0.15, 0.2) is 0 Å². The van der Waals surface area contributed by atoms with E-state index in [1.165, 1.54) is 17.9 Å². The summed E-state index contributed by atoms with van der Waals surface area (Å²) in [5.41, 5.74) is 0.824. The quantitative estimate of drug-likeness (QED) is 0.462. The minimum atomic E-state index is 0.824. The Bertz CT molecular complexity index is 98.4. The van der Waals surface area contributed by atoms with Crippen molar-refractivity contribution in [3.63, 3.8) is 0 Å². The Kier molecular flexibility index (Phi) is 0.619. The van der Waals surface area contributed by atoms with Crippen LogP contribution >= 0.6 is 11.8 Å². The van der Waals surface area contributed by atoms with Gasteiger partial charge in [-0.05, 0) is 29.3 Å². The van der Waals surface area contributed by atoms with Gasteiger partial charge >= 0.3 is 0 Å². The number of rotatable bonds is 0. The molecule has 1 aliphatic heterocycles. The Morgan fingerprint density at radius 3 is 2.71 bits per heavy atom. The highest BCUT2D eigenvalue weighted by atomic mass is 32.2. The summed E-state index contributed by atoms with van der Waals surface area (Å²) < 4.78 is 0. The lowest BCUT2D eigenvalue weighted by molar-refractivity contribution is 0.623.